The van der Waals surface area contributed by atoms with Gasteiger partial charge >= 0.3 is 0 Å². The summed E-state index contributed by atoms with van der Waals surface area (Å²) in [7, 11) is 0. The van der Waals surface area contributed by atoms with Crippen molar-refractivity contribution in [1.82, 2.24) is 9.36 Å². The normalized spacial score (nSPS) is 10.2. The number of pyridine rings is 1. The van der Waals surface area contributed by atoms with Gasteiger partial charge in [-0.25, -0.2) is 4.37 Å². The zero-order chi connectivity index (χ0) is 9.10. The van der Waals surface area contributed by atoms with Gasteiger partial charge in [-0.1, -0.05) is 13.0 Å². The van der Waals surface area contributed by atoms with E-state index < -0.39 is 0 Å². The average molecular weight is 190 g/mol. The Bertz CT molecular complexity index is 382. The summed E-state index contributed by atoms with van der Waals surface area (Å²) in [5.74, 6) is 0. The molecule has 0 aliphatic carbocycles. The van der Waals surface area contributed by atoms with Gasteiger partial charge in [-0.3, -0.25) is 4.98 Å². The Morgan fingerprint density at radius 1 is 1.31 bits per heavy atom. The molecule has 0 aromatic carbocycles. The number of hydrogen-bond donors (Lipinski definition) is 0. The minimum atomic E-state index is 1.01. The van der Waals surface area contributed by atoms with Gasteiger partial charge in [0.1, 0.15) is 0 Å². The van der Waals surface area contributed by atoms with E-state index in [1.54, 1.807) is 0 Å². The van der Waals surface area contributed by atoms with E-state index in [1.807, 2.05) is 24.5 Å². The first kappa shape index (κ1) is 8.38. The first-order valence-corrected chi connectivity index (χ1v) is 5.04. The number of aryl methyl sites for hydroxylation is 1. The van der Waals surface area contributed by atoms with E-state index in [4.69, 9.17) is 0 Å². The molecule has 0 aliphatic rings. The van der Waals surface area contributed by atoms with Crippen molar-refractivity contribution in [1.29, 1.82) is 0 Å². The van der Waals surface area contributed by atoms with E-state index >= 15 is 0 Å². The van der Waals surface area contributed by atoms with Crippen molar-refractivity contribution in [3.63, 3.8) is 0 Å². The predicted molar refractivity (Wildman–Crippen MR) is 54.7 cm³/mol. The van der Waals surface area contributed by atoms with Crippen LogP contribution in [0.5, 0.6) is 0 Å². The summed E-state index contributed by atoms with van der Waals surface area (Å²) in [6, 6.07) is 6.09. The Morgan fingerprint density at radius 2 is 2.23 bits per heavy atom. The van der Waals surface area contributed by atoms with E-state index in [0.717, 1.165) is 17.0 Å². The van der Waals surface area contributed by atoms with Crippen LogP contribution in [0.2, 0.25) is 0 Å². The maximum absolute atomic E-state index is 4.36. The van der Waals surface area contributed by atoms with E-state index in [2.05, 4.69) is 22.3 Å². The standard InChI is InChI=1S/C10H10N2S/c1-2-8-4-3-6-11-10(8)9-5-7-12-13-9/h3-7H,2H2,1H3. The maximum Gasteiger partial charge on any atom is 0.0849 e. The average Bonchev–Trinajstić information content (AvgIpc) is 2.70. The van der Waals surface area contributed by atoms with Gasteiger partial charge in [0.05, 0.1) is 10.6 Å². The van der Waals surface area contributed by atoms with Crippen molar-refractivity contribution in [2.75, 3.05) is 0 Å². The molecule has 0 saturated carbocycles. The third kappa shape index (κ3) is 1.60. The summed E-state index contributed by atoms with van der Waals surface area (Å²) in [4.78, 5) is 5.51. The number of nitrogens with zero attached hydrogens (tertiary/aromatic N) is 2. The molecule has 0 atom stereocenters. The zero-order valence-electron chi connectivity index (χ0n) is 7.40. The van der Waals surface area contributed by atoms with E-state index in [1.165, 1.54) is 17.1 Å². The molecule has 2 nitrogen and oxygen atoms in total. The molecule has 13 heavy (non-hydrogen) atoms. The predicted octanol–water partition coefficient (Wildman–Crippen LogP) is 2.77. The largest absolute Gasteiger partial charge is 0.255 e. The second-order valence-electron chi connectivity index (χ2n) is 2.74. The Hall–Kier alpha value is -1.22. The Balaban J connectivity index is 2.51. The van der Waals surface area contributed by atoms with Gasteiger partial charge in [-0.2, -0.15) is 0 Å². The molecule has 0 fully saturated rings. The van der Waals surface area contributed by atoms with Crippen molar-refractivity contribution in [2.45, 2.75) is 13.3 Å². The Morgan fingerprint density at radius 3 is 2.92 bits per heavy atom. The van der Waals surface area contributed by atoms with Crippen LogP contribution < -0.4 is 0 Å². The second kappa shape index (κ2) is 3.66. The molecule has 0 saturated heterocycles. The van der Waals surface area contributed by atoms with Crippen LogP contribution in [0.3, 0.4) is 0 Å². The molecule has 2 aromatic heterocycles. The molecule has 0 unspecified atom stereocenters. The monoisotopic (exact) mass is 190 g/mol. The minimum Gasteiger partial charge on any atom is -0.255 e. The van der Waals surface area contributed by atoms with Crippen LogP contribution in [0.15, 0.2) is 30.6 Å². The van der Waals surface area contributed by atoms with Crippen LogP contribution >= 0.6 is 11.5 Å². The number of rotatable bonds is 2. The molecule has 0 bridgehead atoms. The molecule has 0 aliphatic heterocycles. The van der Waals surface area contributed by atoms with Crippen LogP contribution in [-0.2, 0) is 6.42 Å². The molecule has 2 rings (SSSR count). The van der Waals surface area contributed by atoms with Gasteiger partial charge in [-0.05, 0) is 35.6 Å². The smallest absolute Gasteiger partial charge is 0.0849 e. The number of aromatic nitrogens is 2. The SMILES string of the molecule is CCc1cccnc1-c1ccns1. The molecule has 0 amide bonds. The van der Waals surface area contributed by atoms with Gasteiger partial charge in [-0.15, -0.1) is 0 Å². The quantitative estimate of drug-likeness (QED) is 0.727. The highest BCUT2D eigenvalue weighted by atomic mass is 32.1. The summed E-state index contributed by atoms with van der Waals surface area (Å²) < 4.78 is 4.08. The van der Waals surface area contributed by atoms with Crippen LogP contribution in [0, 0.1) is 0 Å². The van der Waals surface area contributed by atoms with Crippen LogP contribution in [-0.4, -0.2) is 9.36 Å². The van der Waals surface area contributed by atoms with Crippen molar-refractivity contribution < 1.29 is 0 Å². The summed E-state index contributed by atoms with van der Waals surface area (Å²) >= 11 is 1.49. The molecule has 66 valence electrons. The number of hydrogen-bond acceptors (Lipinski definition) is 3. The molecule has 2 aromatic rings. The van der Waals surface area contributed by atoms with Gasteiger partial charge in [0.25, 0.3) is 0 Å². The summed E-state index contributed by atoms with van der Waals surface area (Å²) in [6.07, 6.45) is 4.66. The molecular weight excluding hydrogens is 180 g/mol. The lowest BCUT2D eigenvalue weighted by Gasteiger charge is -2.01. The summed E-state index contributed by atoms with van der Waals surface area (Å²) in [6.45, 7) is 2.14. The lowest BCUT2D eigenvalue weighted by atomic mass is 10.1. The Labute approximate surface area is 81.4 Å². The maximum atomic E-state index is 4.36. The van der Waals surface area contributed by atoms with E-state index in [-0.39, 0.29) is 0 Å². The fourth-order valence-electron chi connectivity index (χ4n) is 1.28. The van der Waals surface area contributed by atoms with Crippen LogP contribution in [0.4, 0.5) is 0 Å². The fraction of sp³-hybridized carbons (Fsp3) is 0.200. The van der Waals surface area contributed by atoms with Crippen molar-refractivity contribution in [2.24, 2.45) is 0 Å². The minimum absolute atomic E-state index is 1.01. The molecule has 0 spiro atoms. The topological polar surface area (TPSA) is 25.8 Å². The molecule has 2 heterocycles. The first-order chi connectivity index (χ1) is 6.42. The highest BCUT2D eigenvalue weighted by Gasteiger charge is 2.05. The van der Waals surface area contributed by atoms with Gasteiger partial charge < -0.3 is 0 Å². The van der Waals surface area contributed by atoms with Crippen LogP contribution in [0.1, 0.15) is 12.5 Å². The Kier molecular flexibility index (Phi) is 2.36. The lowest BCUT2D eigenvalue weighted by Crippen LogP contribution is -1.88. The third-order valence-corrected chi connectivity index (χ3v) is 2.70. The first-order valence-electron chi connectivity index (χ1n) is 4.26. The second-order valence-corrected chi connectivity index (χ2v) is 3.57. The molecule has 3 heteroatoms. The summed E-state index contributed by atoms with van der Waals surface area (Å²) in [5.41, 5.74) is 2.36. The van der Waals surface area contributed by atoms with Crippen molar-refractivity contribution in [3.05, 3.63) is 36.2 Å². The van der Waals surface area contributed by atoms with Crippen LogP contribution in [0.25, 0.3) is 10.6 Å². The highest BCUT2D eigenvalue weighted by Crippen LogP contribution is 2.24. The van der Waals surface area contributed by atoms with Gasteiger partial charge in [0.15, 0.2) is 0 Å². The molecule has 0 N–H and O–H groups in total. The molecular formula is C10H10N2S. The lowest BCUT2D eigenvalue weighted by molar-refractivity contribution is 1.11. The third-order valence-electron chi connectivity index (χ3n) is 1.94. The fourth-order valence-corrected chi connectivity index (χ4v) is 1.91. The van der Waals surface area contributed by atoms with Crippen molar-refractivity contribution in [3.8, 4) is 10.6 Å². The van der Waals surface area contributed by atoms with Gasteiger partial charge in [0.2, 0.25) is 0 Å². The molecule has 0 radical (unpaired) electrons. The zero-order valence-corrected chi connectivity index (χ0v) is 8.21. The highest BCUT2D eigenvalue weighted by molar-refractivity contribution is 7.09. The van der Waals surface area contributed by atoms with Gasteiger partial charge in [0, 0.05) is 12.4 Å². The summed E-state index contributed by atoms with van der Waals surface area (Å²) in [5, 5.41) is 0. The van der Waals surface area contributed by atoms with E-state index in [9.17, 15) is 0 Å². The van der Waals surface area contributed by atoms with E-state index in [0.29, 0.717) is 0 Å². The van der Waals surface area contributed by atoms with Crippen molar-refractivity contribution >= 4 is 11.5 Å².